The summed E-state index contributed by atoms with van der Waals surface area (Å²) in [6.07, 6.45) is 0.209. The molecule has 1 aliphatic rings. The number of rotatable bonds is 14. The van der Waals surface area contributed by atoms with E-state index in [9.17, 15) is 42.9 Å². The van der Waals surface area contributed by atoms with Gasteiger partial charge < -0.3 is 24.8 Å². The Morgan fingerprint density at radius 1 is 0.837 bits per heavy atom. The van der Waals surface area contributed by atoms with Crippen molar-refractivity contribution < 1.29 is 52.4 Å². The molecule has 0 aliphatic carbocycles. The van der Waals surface area contributed by atoms with Gasteiger partial charge in [-0.3, -0.25) is 19.2 Å². The molecule has 1 aliphatic heterocycles. The third-order valence-electron chi connectivity index (χ3n) is 7.97. The normalized spacial score (nSPS) is 22.1. The highest BCUT2D eigenvalue weighted by molar-refractivity contribution is 7.91. The highest BCUT2D eigenvalue weighted by Gasteiger charge is 2.51. The lowest BCUT2D eigenvalue weighted by atomic mass is 9.70. The van der Waals surface area contributed by atoms with E-state index in [4.69, 9.17) is 4.74 Å². The first kappa shape index (κ1) is 33.7. The number of ether oxygens (including phenoxy) is 2. The van der Waals surface area contributed by atoms with Crippen LogP contribution in [0.2, 0.25) is 0 Å². The zero-order valence-corrected chi connectivity index (χ0v) is 25.2. The van der Waals surface area contributed by atoms with Gasteiger partial charge in [0, 0.05) is 30.9 Å². The van der Waals surface area contributed by atoms with E-state index in [1.54, 1.807) is 6.07 Å². The summed E-state index contributed by atoms with van der Waals surface area (Å²) in [7, 11) is -2.66. The molecule has 0 saturated carbocycles. The van der Waals surface area contributed by atoms with Gasteiger partial charge in [-0.15, -0.1) is 0 Å². The summed E-state index contributed by atoms with van der Waals surface area (Å²) in [4.78, 5) is 46.8. The van der Waals surface area contributed by atoms with E-state index in [1.807, 2.05) is 43.3 Å². The summed E-state index contributed by atoms with van der Waals surface area (Å²) in [5, 5.41) is 28.9. The lowest BCUT2D eigenvalue weighted by Gasteiger charge is -2.46. The third-order valence-corrected chi connectivity index (χ3v) is 9.27. The maximum absolute atomic E-state index is 12.8. The molecule has 0 bridgehead atoms. The van der Waals surface area contributed by atoms with Gasteiger partial charge in [0.15, 0.2) is 15.3 Å². The van der Waals surface area contributed by atoms with Crippen LogP contribution in [0.3, 0.4) is 0 Å². The van der Waals surface area contributed by atoms with Crippen LogP contribution >= 0.6 is 0 Å². The molecule has 3 rings (SSSR count). The Morgan fingerprint density at radius 2 is 1.40 bits per heavy atom. The van der Waals surface area contributed by atoms with Gasteiger partial charge in [-0.25, -0.2) is 8.42 Å². The predicted molar refractivity (Wildman–Crippen MR) is 155 cm³/mol. The highest BCUT2D eigenvalue weighted by Crippen LogP contribution is 2.49. The summed E-state index contributed by atoms with van der Waals surface area (Å²) in [6.45, 7) is 1.91. The third kappa shape index (κ3) is 9.36. The first-order valence-corrected chi connectivity index (χ1v) is 15.9. The topological polar surface area (TPSA) is 182 Å². The fourth-order valence-electron chi connectivity index (χ4n) is 5.89. The molecule has 11 nitrogen and oxygen atoms in total. The monoisotopic (exact) mass is 618 g/mol. The van der Waals surface area contributed by atoms with Crippen molar-refractivity contribution >= 4 is 33.7 Å². The zero-order chi connectivity index (χ0) is 31.9. The number of carbonyl (C=O) groups excluding carboxylic acids is 1. The molecule has 1 saturated heterocycles. The average molecular weight is 619 g/mol. The Balaban J connectivity index is 1.96. The molecule has 234 valence electrons. The van der Waals surface area contributed by atoms with Crippen LogP contribution in [0.5, 0.6) is 0 Å². The SMILES string of the molecule is COC(=O)CCCc1ccc(Cc2cc([C@H]3O[C@H](S(C)(=O)=O)[C@@H](CC(=O)O)[C@H](CC(=O)O)[C@@H]3CC(=O)O)ccc2C)cc1. The van der Waals surface area contributed by atoms with Crippen LogP contribution in [-0.2, 0) is 51.3 Å². The van der Waals surface area contributed by atoms with E-state index in [1.165, 1.54) is 7.11 Å². The number of sulfone groups is 1. The molecule has 0 radical (unpaired) electrons. The van der Waals surface area contributed by atoms with Gasteiger partial charge in [0.2, 0.25) is 0 Å². The largest absolute Gasteiger partial charge is 0.481 e. The average Bonchev–Trinajstić information content (AvgIpc) is 2.91. The number of methoxy groups -OCH3 is 1. The van der Waals surface area contributed by atoms with Crippen molar-refractivity contribution in [1.82, 2.24) is 0 Å². The Bertz CT molecular complexity index is 1430. The Hall–Kier alpha value is -3.77. The second-order valence-electron chi connectivity index (χ2n) is 11.1. The molecule has 1 fully saturated rings. The summed E-state index contributed by atoms with van der Waals surface area (Å²) < 4.78 is 36.4. The molecule has 3 N–H and O–H groups in total. The zero-order valence-electron chi connectivity index (χ0n) is 24.4. The Labute approximate surface area is 250 Å². The van der Waals surface area contributed by atoms with Gasteiger partial charge in [0.05, 0.1) is 26.1 Å². The van der Waals surface area contributed by atoms with E-state index < -0.39 is 76.3 Å². The van der Waals surface area contributed by atoms with Crippen molar-refractivity contribution in [2.75, 3.05) is 13.4 Å². The minimum atomic E-state index is -4.02. The summed E-state index contributed by atoms with van der Waals surface area (Å²) in [5.41, 5.74) is 2.73. The minimum absolute atomic E-state index is 0.255. The number of hydrogen-bond acceptors (Lipinski definition) is 8. The van der Waals surface area contributed by atoms with Gasteiger partial charge >= 0.3 is 23.9 Å². The van der Waals surface area contributed by atoms with E-state index in [0.29, 0.717) is 24.8 Å². The van der Waals surface area contributed by atoms with Crippen LogP contribution in [0.4, 0.5) is 0 Å². The second-order valence-corrected chi connectivity index (χ2v) is 13.3. The molecule has 0 aromatic heterocycles. The number of carboxylic acids is 3. The molecule has 2 aromatic carbocycles. The maximum atomic E-state index is 12.8. The molecule has 0 amide bonds. The quantitative estimate of drug-likeness (QED) is 0.262. The van der Waals surface area contributed by atoms with Gasteiger partial charge in [0.1, 0.15) is 0 Å². The maximum Gasteiger partial charge on any atom is 0.305 e. The lowest BCUT2D eigenvalue weighted by Crippen LogP contribution is -2.49. The Kier molecular flexibility index (Phi) is 11.5. The Morgan fingerprint density at radius 3 is 1.95 bits per heavy atom. The van der Waals surface area contributed by atoms with Crippen LogP contribution < -0.4 is 0 Å². The van der Waals surface area contributed by atoms with E-state index in [2.05, 4.69) is 4.74 Å². The van der Waals surface area contributed by atoms with Gasteiger partial charge in [0.25, 0.3) is 0 Å². The van der Waals surface area contributed by atoms with E-state index in [-0.39, 0.29) is 5.97 Å². The molecule has 43 heavy (non-hydrogen) atoms. The number of benzene rings is 2. The number of esters is 1. The number of aryl methyl sites for hydroxylation is 2. The van der Waals surface area contributed by atoms with E-state index >= 15 is 0 Å². The van der Waals surface area contributed by atoms with Gasteiger partial charge in [-0.2, -0.15) is 0 Å². The molecule has 12 heteroatoms. The number of carboxylic acid groups (broad SMARTS) is 3. The molecule has 0 unspecified atom stereocenters. The first-order chi connectivity index (χ1) is 20.2. The van der Waals surface area contributed by atoms with Crippen LogP contribution in [0.25, 0.3) is 0 Å². The van der Waals surface area contributed by atoms with Crippen molar-refractivity contribution in [1.29, 1.82) is 0 Å². The number of hydrogen-bond donors (Lipinski definition) is 3. The molecular weight excluding hydrogens is 580 g/mol. The van der Waals surface area contributed by atoms with Crippen LogP contribution in [-0.4, -0.2) is 66.4 Å². The van der Waals surface area contributed by atoms with Crippen LogP contribution in [0.15, 0.2) is 42.5 Å². The minimum Gasteiger partial charge on any atom is -0.481 e. The summed E-state index contributed by atoms with van der Waals surface area (Å²) in [5.74, 6) is -7.44. The van der Waals surface area contributed by atoms with Crippen LogP contribution in [0, 0.1) is 24.7 Å². The van der Waals surface area contributed by atoms with Crippen molar-refractivity contribution in [3.05, 3.63) is 70.3 Å². The highest BCUT2D eigenvalue weighted by atomic mass is 32.2. The number of aliphatic carboxylic acids is 3. The summed E-state index contributed by atoms with van der Waals surface area (Å²) >= 11 is 0. The standard InChI is InChI=1S/C31H38O11S/c1-18-7-12-21(14-22(18)13-20-10-8-19(9-11-20)5-4-6-29(38)41-2)30-24(16-27(34)35)23(15-26(32)33)25(17-28(36)37)31(42-30)43(3,39)40/h7-12,14,23-25,30-31H,4-6,13,15-17H2,1-3H3,(H,32,33)(H,34,35)(H,36,37)/t23-,24+,25+,30-,31-/m1/s1. The molecule has 5 atom stereocenters. The van der Waals surface area contributed by atoms with Crippen molar-refractivity contribution in [3.8, 4) is 0 Å². The fourth-order valence-corrected chi connectivity index (χ4v) is 7.14. The molecule has 2 aromatic rings. The van der Waals surface area contributed by atoms with Crippen molar-refractivity contribution in [3.63, 3.8) is 0 Å². The smallest absolute Gasteiger partial charge is 0.305 e. The fraction of sp³-hybridized carbons (Fsp3) is 0.484. The molecule has 1 heterocycles. The summed E-state index contributed by atoms with van der Waals surface area (Å²) in [6, 6.07) is 13.2. The second kappa shape index (κ2) is 14.6. The predicted octanol–water partition coefficient (Wildman–Crippen LogP) is 3.80. The number of carbonyl (C=O) groups is 4. The molecule has 0 spiro atoms. The lowest BCUT2D eigenvalue weighted by molar-refractivity contribution is -0.162. The molecular formula is C31H38O11S. The van der Waals surface area contributed by atoms with Crippen molar-refractivity contribution in [2.24, 2.45) is 17.8 Å². The van der Waals surface area contributed by atoms with Gasteiger partial charge in [-0.1, -0.05) is 42.5 Å². The first-order valence-electron chi connectivity index (χ1n) is 13.9. The van der Waals surface area contributed by atoms with Crippen molar-refractivity contribution in [2.45, 2.75) is 63.4 Å². The van der Waals surface area contributed by atoms with E-state index in [0.717, 1.165) is 34.9 Å². The van der Waals surface area contributed by atoms with Gasteiger partial charge in [-0.05, 0) is 59.9 Å². The van der Waals surface area contributed by atoms with Crippen LogP contribution in [0.1, 0.15) is 66.0 Å².